The number of aromatic nitrogens is 2. The molecule has 0 aliphatic heterocycles. The van der Waals surface area contributed by atoms with Gasteiger partial charge in [0.2, 0.25) is 0 Å². The van der Waals surface area contributed by atoms with E-state index in [4.69, 9.17) is 0 Å². The highest BCUT2D eigenvalue weighted by Gasteiger charge is 2.24. The third-order valence-electron chi connectivity index (χ3n) is 5.95. The van der Waals surface area contributed by atoms with Crippen LogP contribution in [0, 0.1) is 0 Å². The van der Waals surface area contributed by atoms with Crippen LogP contribution in [-0.2, 0) is 19.6 Å². The van der Waals surface area contributed by atoms with E-state index >= 15 is 0 Å². The minimum absolute atomic E-state index is 0.0812. The van der Waals surface area contributed by atoms with Crippen molar-refractivity contribution >= 4 is 11.9 Å². The Labute approximate surface area is 201 Å². The van der Waals surface area contributed by atoms with Crippen LogP contribution in [0.4, 0.5) is 4.39 Å². The van der Waals surface area contributed by atoms with Crippen LogP contribution in [0.2, 0.25) is 0 Å². The van der Waals surface area contributed by atoms with Gasteiger partial charge in [0.25, 0.3) is 5.91 Å². The zero-order valence-electron chi connectivity index (χ0n) is 19.3. The zero-order valence-corrected chi connectivity index (χ0v) is 19.3. The van der Waals surface area contributed by atoms with E-state index in [0.29, 0.717) is 29.7 Å². The molecule has 1 N–H and O–H groups in total. The SMILES string of the molecule is CCCc1c(CF)n(C(=O)c2ccccc2)c(=O)n1Cc1ccc(-c2ccccc2C(=O)O)cc1. The normalized spacial score (nSPS) is 10.9. The number of hydrogen-bond donors (Lipinski definition) is 1. The first-order chi connectivity index (χ1) is 17.0. The van der Waals surface area contributed by atoms with Crippen LogP contribution in [0.15, 0.2) is 83.7 Å². The molecule has 7 heteroatoms. The van der Waals surface area contributed by atoms with E-state index in [2.05, 4.69) is 0 Å². The average molecular weight is 473 g/mol. The van der Waals surface area contributed by atoms with Gasteiger partial charge in [-0.2, -0.15) is 0 Å². The highest BCUT2D eigenvalue weighted by atomic mass is 19.1. The third kappa shape index (κ3) is 4.71. The fourth-order valence-electron chi connectivity index (χ4n) is 4.27. The summed E-state index contributed by atoms with van der Waals surface area (Å²) in [5.74, 6) is -1.57. The zero-order chi connectivity index (χ0) is 24.9. The molecule has 0 amide bonds. The Morgan fingerprint density at radius 1 is 0.886 bits per heavy atom. The molecule has 3 aromatic carbocycles. The number of carbonyl (C=O) groups is 2. The molecule has 0 fully saturated rings. The molecule has 178 valence electrons. The van der Waals surface area contributed by atoms with Crippen molar-refractivity contribution in [3.8, 4) is 11.1 Å². The van der Waals surface area contributed by atoms with E-state index in [1.165, 1.54) is 4.57 Å². The maximum absolute atomic E-state index is 14.1. The fraction of sp³-hybridized carbons (Fsp3) is 0.179. The van der Waals surface area contributed by atoms with Crippen LogP contribution in [0.3, 0.4) is 0 Å². The lowest BCUT2D eigenvalue weighted by Gasteiger charge is -2.10. The molecule has 35 heavy (non-hydrogen) atoms. The van der Waals surface area contributed by atoms with E-state index in [0.717, 1.165) is 15.7 Å². The van der Waals surface area contributed by atoms with Crippen LogP contribution in [0.1, 0.15) is 51.0 Å². The molecule has 0 radical (unpaired) electrons. The Hall–Kier alpha value is -4.26. The van der Waals surface area contributed by atoms with Crippen molar-refractivity contribution < 1.29 is 19.1 Å². The number of carbonyl (C=O) groups excluding carboxylic acids is 1. The van der Waals surface area contributed by atoms with E-state index in [9.17, 15) is 23.9 Å². The van der Waals surface area contributed by atoms with Gasteiger partial charge in [-0.3, -0.25) is 9.36 Å². The second-order valence-electron chi connectivity index (χ2n) is 8.20. The molecular formula is C28H25FN2O4. The van der Waals surface area contributed by atoms with Crippen molar-refractivity contribution in [2.75, 3.05) is 0 Å². The van der Waals surface area contributed by atoms with Gasteiger partial charge in [-0.15, -0.1) is 0 Å². The van der Waals surface area contributed by atoms with Crippen LogP contribution in [0.5, 0.6) is 0 Å². The molecule has 0 spiro atoms. The summed E-state index contributed by atoms with van der Waals surface area (Å²) < 4.78 is 16.5. The highest BCUT2D eigenvalue weighted by Crippen LogP contribution is 2.25. The van der Waals surface area contributed by atoms with E-state index in [1.807, 2.05) is 19.1 Å². The van der Waals surface area contributed by atoms with Gasteiger partial charge in [0.15, 0.2) is 0 Å². The molecule has 4 aromatic rings. The standard InChI is InChI=1S/C28H25FN2O4/c1-2-8-24-25(17-29)31(26(32)21-9-4-3-5-10-21)28(35)30(24)18-19-13-15-20(16-14-19)22-11-6-7-12-23(22)27(33)34/h3-7,9-16H,2,8,17-18H2,1H3,(H,33,34). The lowest BCUT2D eigenvalue weighted by Crippen LogP contribution is -2.31. The number of carboxylic acid groups (broad SMARTS) is 1. The quantitative estimate of drug-likeness (QED) is 0.383. The summed E-state index contributed by atoms with van der Waals surface area (Å²) in [6, 6.07) is 22.3. The lowest BCUT2D eigenvalue weighted by molar-refractivity contribution is 0.0697. The number of rotatable bonds is 8. The number of carboxylic acids is 1. The van der Waals surface area contributed by atoms with Gasteiger partial charge in [-0.05, 0) is 41.3 Å². The molecule has 0 atom stereocenters. The lowest BCUT2D eigenvalue weighted by atomic mass is 9.99. The third-order valence-corrected chi connectivity index (χ3v) is 5.95. The minimum atomic E-state index is -1.01. The van der Waals surface area contributed by atoms with Gasteiger partial charge in [0.05, 0.1) is 17.8 Å². The Morgan fingerprint density at radius 3 is 2.17 bits per heavy atom. The summed E-state index contributed by atoms with van der Waals surface area (Å²) in [7, 11) is 0. The predicted octanol–water partition coefficient (Wildman–Crippen LogP) is 5.17. The number of benzene rings is 3. The number of imidazole rings is 1. The molecule has 4 rings (SSSR count). The number of alkyl halides is 1. The van der Waals surface area contributed by atoms with Crippen LogP contribution in [-0.4, -0.2) is 26.1 Å². The molecule has 1 aromatic heterocycles. The van der Waals surface area contributed by atoms with Crippen molar-refractivity contribution in [2.45, 2.75) is 33.0 Å². The summed E-state index contributed by atoms with van der Waals surface area (Å²) in [5.41, 5.74) is 2.62. The Morgan fingerprint density at radius 2 is 1.54 bits per heavy atom. The van der Waals surface area contributed by atoms with Crippen LogP contribution < -0.4 is 5.69 Å². The molecule has 0 bridgehead atoms. The molecule has 6 nitrogen and oxygen atoms in total. The van der Waals surface area contributed by atoms with Gasteiger partial charge in [0, 0.05) is 11.3 Å². The summed E-state index contributed by atoms with van der Waals surface area (Å²) in [4.78, 5) is 38.0. The number of halogens is 1. The molecule has 0 saturated carbocycles. The first kappa shape index (κ1) is 23.9. The summed E-state index contributed by atoms with van der Waals surface area (Å²) in [6.45, 7) is 1.17. The maximum Gasteiger partial charge on any atom is 0.336 e. The summed E-state index contributed by atoms with van der Waals surface area (Å²) in [5, 5.41) is 9.47. The summed E-state index contributed by atoms with van der Waals surface area (Å²) >= 11 is 0. The smallest absolute Gasteiger partial charge is 0.336 e. The van der Waals surface area contributed by atoms with Gasteiger partial charge < -0.3 is 5.11 Å². The fourth-order valence-corrected chi connectivity index (χ4v) is 4.27. The molecule has 0 unspecified atom stereocenters. The molecular weight excluding hydrogens is 447 g/mol. The number of hydrogen-bond acceptors (Lipinski definition) is 3. The molecule has 0 aliphatic carbocycles. The van der Waals surface area contributed by atoms with Crippen molar-refractivity contribution in [1.82, 2.24) is 9.13 Å². The molecule has 1 heterocycles. The van der Waals surface area contributed by atoms with E-state index < -0.39 is 24.2 Å². The first-order valence-electron chi connectivity index (χ1n) is 11.4. The minimum Gasteiger partial charge on any atom is -0.478 e. The second kappa shape index (κ2) is 10.3. The predicted molar refractivity (Wildman–Crippen MR) is 132 cm³/mol. The molecule has 0 aliphatic rings. The van der Waals surface area contributed by atoms with Gasteiger partial charge in [-0.1, -0.05) is 74.0 Å². The first-order valence-corrected chi connectivity index (χ1v) is 11.4. The monoisotopic (exact) mass is 472 g/mol. The van der Waals surface area contributed by atoms with Crippen molar-refractivity contribution in [2.24, 2.45) is 0 Å². The topological polar surface area (TPSA) is 81.3 Å². The van der Waals surface area contributed by atoms with Crippen LogP contribution in [0.25, 0.3) is 11.1 Å². The summed E-state index contributed by atoms with van der Waals surface area (Å²) in [6.07, 6.45) is 1.13. The molecule has 0 saturated heterocycles. The van der Waals surface area contributed by atoms with Gasteiger partial charge >= 0.3 is 11.7 Å². The largest absolute Gasteiger partial charge is 0.478 e. The second-order valence-corrected chi connectivity index (χ2v) is 8.20. The maximum atomic E-state index is 14.1. The Bertz CT molecular complexity index is 1420. The van der Waals surface area contributed by atoms with Crippen LogP contribution >= 0.6 is 0 Å². The van der Waals surface area contributed by atoms with Crippen molar-refractivity contribution in [3.63, 3.8) is 0 Å². The van der Waals surface area contributed by atoms with Crippen molar-refractivity contribution in [1.29, 1.82) is 0 Å². The Kier molecular flexibility index (Phi) is 7.06. The van der Waals surface area contributed by atoms with Gasteiger partial charge in [-0.25, -0.2) is 18.5 Å². The Balaban J connectivity index is 1.73. The number of nitrogens with zero attached hydrogens (tertiary/aromatic N) is 2. The van der Waals surface area contributed by atoms with E-state index in [-0.39, 0.29) is 17.8 Å². The number of aromatic carboxylic acids is 1. The average Bonchev–Trinajstić information content (AvgIpc) is 3.15. The van der Waals surface area contributed by atoms with E-state index in [1.54, 1.807) is 66.7 Å². The van der Waals surface area contributed by atoms with Crippen molar-refractivity contribution in [3.05, 3.63) is 117 Å². The van der Waals surface area contributed by atoms with Gasteiger partial charge in [0.1, 0.15) is 6.67 Å². The highest BCUT2D eigenvalue weighted by molar-refractivity contribution is 5.96.